The van der Waals surface area contributed by atoms with Gasteiger partial charge in [-0.1, -0.05) is 11.6 Å². The molecular formula is C10H9ClN4O. The van der Waals surface area contributed by atoms with Crippen molar-refractivity contribution in [2.45, 2.75) is 6.92 Å². The first-order chi connectivity index (χ1) is 7.66. The minimum atomic E-state index is -0.299. The van der Waals surface area contributed by atoms with Crippen molar-refractivity contribution in [3.05, 3.63) is 40.9 Å². The lowest BCUT2D eigenvalue weighted by Gasteiger charge is -2.05. The van der Waals surface area contributed by atoms with E-state index in [-0.39, 0.29) is 11.1 Å². The second kappa shape index (κ2) is 4.32. The zero-order valence-corrected chi connectivity index (χ0v) is 9.25. The summed E-state index contributed by atoms with van der Waals surface area (Å²) in [6.07, 6.45) is 3.14. The average molecular weight is 237 g/mol. The number of rotatable bonds is 2. The van der Waals surface area contributed by atoms with Crippen LogP contribution in [0.5, 0.6) is 0 Å². The Morgan fingerprint density at radius 3 is 3.06 bits per heavy atom. The van der Waals surface area contributed by atoms with Gasteiger partial charge in [-0.2, -0.15) is 5.10 Å². The molecule has 0 aromatic carbocycles. The van der Waals surface area contributed by atoms with Crippen LogP contribution in [-0.4, -0.2) is 21.1 Å². The smallest absolute Gasteiger partial charge is 0.273 e. The van der Waals surface area contributed by atoms with Crippen molar-refractivity contribution < 1.29 is 4.79 Å². The molecule has 0 aliphatic carbocycles. The maximum Gasteiger partial charge on any atom is 0.273 e. The van der Waals surface area contributed by atoms with E-state index in [0.29, 0.717) is 11.4 Å². The van der Waals surface area contributed by atoms with E-state index >= 15 is 0 Å². The van der Waals surface area contributed by atoms with Gasteiger partial charge in [0.2, 0.25) is 0 Å². The standard InChI is InChI=1S/C10H9ClN4O/c1-6-4-8(9(11)12-5-6)14-10(16)7-2-3-13-15-7/h2-5H,1H3,(H,13,15)(H,14,16). The monoisotopic (exact) mass is 236 g/mol. The molecule has 2 rings (SSSR count). The number of carbonyl (C=O) groups excluding carboxylic acids is 1. The first kappa shape index (κ1) is 10.6. The van der Waals surface area contributed by atoms with E-state index in [0.717, 1.165) is 5.56 Å². The molecule has 5 nitrogen and oxygen atoms in total. The third-order valence-corrected chi connectivity index (χ3v) is 2.27. The summed E-state index contributed by atoms with van der Waals surface area (Å²) in [4.78, 5) is 15.6. The number of carbonyl (C=O) groups is 1. The van der Waals surface area contributed by atoms with Gasteiger partial charge in [0.25, 0.3) is 5.91 Å². The Balaban J connectivity index is 2.21. The highest BCUT2D eigenvalue weighted by molar-refractivity contribution is 6.32. The molecule has 16 heavy (non-hydrogen) atoms. The van der Waals surface area contributed by atoms with E-state index in [4.69, 9.17) is 11.6 Å². The highest BCUT2D eigenvalue weighted by Gasteiger charge is 2.09. The maximum atomic E-state index is 11.7. The second-order valence-electron chi connectivity index (χ2n) is 3.28. The summed E-state index contributed by atoms with van der Waals surface area (Å²) in [6.45, 7) is 1.87. The van der Waals surface area contributed by atoms with E-state index in [1.807, 2.05) is 6.92 Å². The number of aromatic nitrogens is 3. The Kier molecular flexibility index (Phi) is 2.87. The van der Waals surface area contributed by atoms with E-state index in [2.05, 4.69) is 20.5 Å². The summed E-state index contributed by atoms with van der Waals surface area (Å²) < 4.78 is 0. The third kappa shape index (κ3) is 2.20. The fourth-order valence-corrected chi connectivity index (χ4v) is 1.36. The first-order valence-electron chi connectivity index (χ1n) is 4.59. The van der Waals surface area contributed by atoms with Gasteiger partial charge in [-0.15, -0.1) is 0 Å². The summed E-state index contributed by atoms with van der Waals surface area (Å²) in [6, 6.07) is 3.33. The number of halogens is 1. The number of anilines is 1. The number of aryl methyl sites for hydroxylation is 1. The molecule has 2 aromatic rings. The number of amides is 1. The Bertz CT molecular complexity index is 510. The van der Waals surface area contributed by atoms with Crippen molar-refractivity contribution in [1.29, 1.82) is 0 Å². The lowest BCUT2D eigenvalue weighted by molar-refractivity contribution is 0.102. The third-order valence-electron chi connectivity index (χ3n) is 1.97. The highest BCUT2D eigenvalue weighted by atomic mass is 35.5. The molecule has 1 amide bonds. The summed E-state index contributed by atoms with van der Waals surface area (Å²) >= 11 is 5.85. The zero-order chi connectivity index (χ0) is 11.5. The SMILES string of the molecule is Cc1cnc(Cl)c(NC(=O)c2ccn[nH]2)c1. The van der Waals surface area contributed by atoms with E-state index in [9.17, 15) is 4.79 Å². The van der Waals surface area contributed by atoms with Crippen molar-refractivity contribution in [3.63, 3.8) is 0 Å². The molecule has 0 aliphatic rings. The van der Waals surface area contributed by atoms with Crippen molar-refractivity contribution >= 4 is 23.2 Å². The van der Waals surface area contributed by atoms with Gasteiger partial charge in [0.05, 0.1) is 5.69 Å². The fourth-order valence-electron chi connectivity index (χ4n) is 1.21. The number of H-pyrrole nitrogens is 1. The molecule has 2 N–H and O–H groups in total. The van der Waals surface area contributed by atoms with E-state index < -0.39 is 0 Å². The van der Waals surface area contributed by atoms with Gasteiger partial charge >= 0.3 is 0 Å². The van der Waals surface area contributed by atoms with Crippen LogP contribution in [0.25, 0.3) is 0 Å². The normalized spacial score (nSPS) is 10.1. The number of hydrogen-bond donors (Lipinski definition) is 2. The Morgan fingerprint density at radius 1 is 1.56 bits per heavy atom. The number of pyridine rings is 1. The molecule has 2 aromatic heterocycles. The molecule has 0 spiro atoms. The number of nitrogens with one attached hydrogen (secondary N) is 2. The zero-order valence-electron chi connectivity index (χ0n) is 8.49. The average Bonchev–Trinajstić information content (AvgIpc) is 2.76. The molecule has 0 fully saturated rings. The molecule has 0 atom stereocenters. The Labute approximate surface area is 96.8 Å². The second-order valence-corrected chi connectivity index (χ2v) is 3.63. The lowest BCUT2D eigenvalue weighted by Crippen LogP contribution is -2.13. The number of nitrogens with zero attached hydrogens (tertiary/aromatic N) is 2. The molecular weight excluding hydrogens is 228 g/mol. The van der Waals surface area contributed by atoms with Gasteiger partial charge in [-0.05, 0) is 24.6 Å². The number of aromatic amines is 1. The van der Waals surface area contributed by atoms with Crippen molar-refractivity contribution in [3.8, 4) is 0 Å². The van der Waals surface area contributed by atoms with Gasteiger partial charge in [-0.3, -0.25) is 9.89 Å². The summed E-state index contributed by atoms with van der Waals surface area (Å²) in [7, 11) is 0. The lowest BCUT2D eigenvalue weighted by atomic mass is 10.3. The van der Waals surface area contributed by atoms with Crippen LogP contribution in [0.3, 0.4) is 0 Å². The quantitative estimate of drug-likeness (QED) is 0.784. The molecule has 0 radical (unpaired) electrons. The molecule has 0 saturated heterocycles. The summed E-state index contributed by atoms with van der Waals surface area (Å²) in [5.74, 6) is -0.299. The molecule has 2 heterocycles. The van der Waals surface area contributed by atoms with Gasteiger partial charge in [0.15, 0.2) is 5.15 Å². The van der Waals surface area contributed by atoms with Gasteiger partial charge in [-0.25, -0.2) is 4.98 Å². The predicted octanol–water partition coefficient (Wildman–Crippen LogP) is 2.02. The van der Waals surface area contributed by atoms with Gasteiger partial charge in [0, 0.05) is 12.4 Å². The minimum absolute atomic E-state index is 0.262. The predicted molar refractivity (Wildman–Crippen MR) is 60.5 cm³/mol. The highest BCUT2D eigenvalue weighted by Crippen LogP contribution is 2.20. The minimum Gasteiger partial charge on any atom is -0.318 e. The van der Waals surface area contributed by atoms with Crippen LogP contribution >= 0.6 is 11.6 Å². The van der Waals surface area contributed by atoms with Crippen LogP contribution in [0.15, 0.2) is 24.5 Å². The molecule has 0 bridgehead atoms. The molecule has 0 saturated carbocycles. The van der Waals surface area contributed by atoms with Crippen molar-refractivity contribution in [2.75, 3.05) is 5.32 Å². The van der Waals surface area contributed by atoms with Crippen LogP contribution in [-0.2, 0) is 0 Å². The van der Waals surface area contributed by atoms with Gasteiger partial charge < -0.3 is 5.32 Å². The first-order valence-corrected chi connectivity index (χ1v) is 4.97. The maximum absolute atomic E-state index is 11.7. The largest absolute Gasteiger partial charge is 0.318 e. The van der Waals surface area contributed by atoms with Crippen LogP contribution < -0.4 is 5.32 Å². The van der Waals surface area contributed by atoms with Gasteiger partial charge in [0.1, 0.15) is 5.69 Å². The van der Waals surface area contributed by atoms with Crippen LogP contribution in [0.2, 0.25) is 5.15 Å². The van der Waals surface area contributed by atoms with Crippen molar-refractivity contribution in [2.24, 2.45) is 0 Å². The van der Waals surface area contributed by atoms with Crippen LogP contribution in [0.1, 0.15) is 16.1 Å². The van der Waals surface area contributed by atoms with E-state index in [1.165, 1.54) is 6.20 Å². The summed E-state index contributed by atoms with van der Waals surface area (Å²) in [5.41, 5.74) is 1.78. The van der Waals surface area contributed by atoms with Crippen molar-refractivity contribution in [1.82, 2.24) is 15.2 Å². The van der Waals surface area contributed by atoms with E-state index in [1.54, 1.807) is 18.3 Å². The fraction of sp³-hybridized carbons (Fsp3) is 0.100. The summed E-state index contributed by atoms with van der Waals surface area (Å²) in [5, 5.41) is 9.17. The Morgan fingerprint density at radius 2 is 2.38 bits per heavy atom. The topological polar surface area (TPSA) is 70.7 Å². The molecule has 6 heteroatoms. The molecule has 0 unspecified atom stereocenters. The molecule has 82 valence electrons. The van der Waals surface area contributed by atoms with Crippen LogP contribution in [0.4, 0.5) is 5.69 Å². The van der Waals surface area contributed by atoms with Crippen LogP contribution in [0, 0.1) is 6.92 Å². The number of hydrogen-bond acceptors (Lipinski definition) is 3. The Hall–Kier alpha value is -1.88. The molecule has 0 aliphatic heterocycles.